The number of hydrogen-bond acceptors (Lipinski definition) is 5. The number of nitrogens with zero attached hydrogens (tertiary/aromatic N) is 3. The highest BCUT2D eigenvalue weighted by atomic mass is 32.1. The molecule has 0 N–H and O–H groups in total. The third-order valence-corrected chi connectivity index (χ3v) is 5.28. The number of anilines is 1. The minimum atomic E-state index is -0.373. The average Bonchev–Trinajstić information content (AvgIpc) is 3.11. The van der Waals surface area contributed by atoms with Crippen LogP contribution in [0.15, 0.2) is 42.5 Å². The van der Waals surface area contributed by atoms with Crippen LogP contribution in [0.25, 0.3) is 10.2 Å². The Morgan fingerprint density at radius 1 is 1.14 bits per heavy atom. The third kappa shape index (κ3) is 4.66. The van der Waals surface area contributed by atoms with Crippen LogP contribution in [0.5, 0.6) is 5.75 Å². The van der Waals surface area contributed by atoms with Gasteiger partial charge in [0, 0.05) is 12.1 Å². The summed E-state index contributed by atoms with van der Waals surface area (Å²) in [6, 6.07) is 11.9. The quantitative estimate of drug-likeness (QED) is 0.560. The second-order valence-corrected chi connectivity index (χ2v) is 7.66. The molecule has 3 aromatic rings. The van der Waals surface area contributed by atoms with Crippen molar-refractivity contribution in [3.8, 4) is 5.75 Å². The van der Waals surface area contributed by atoms with Crippen molar-refractivity contribution in [1.82, 2.24) is 9.88 Å². The summed E-state index contributed by atoms with van der Waals surface area (Å²) in [5, 5.41) is 0.512. The highest BCUT2D eigenvalue weighted by Crippen LogP contribution is 2.31. The second-order valence-electron chi connectivity index (χ2n) is 6.65. The van der Waals surface area contributed by atoms with Gasteiger partial charge in [0.25, 0.3) is 5.91 Å². The van der Waals surface area contributed by atoms with Gasteiger partial charge in [-0.05, 0) is 70.4 Å². The maximum atomic E-state index is 14.1. The number of amides is 1. The Morgan fingerprint density at radius 2 is 1.89 bits per heavy atom. The van der Waals surface area contributed by atoms with Gasteiger partial charge in [0.05, 0.1) is 11.3 Å². The number of halogens is 1. The van der Waals surface area contributed by atoms with E-state index in [1.165, 1.54) is 17.4 Å². The highest BCUT2D eigenvalue weighted by Gasteiger charge is 2.22. The van der Waals surface area contributed by atoms with Crippen LogP contribution in [0, 0.1) is 5.82 Å². The van der Waals surface area contributed by atoms with Crippen LogP contribution in [0.2, 0.25) is 0 Å². The first-order chi connectivity index (χ1) is 13.5. The molecule has 0 saturated carbocycles. The maximum Gasteiger partial charge on any atom is 0.260 e. The van der Waals surface area contributed by atoms with Crippen LogP contribution >= 0.6 is 11.3 Å². The summed E-state index contributed by atoms with van der Waals surface area (Å²) in [6.45, 7) is 3.83. The molecule has 3 rings (SSSR count). The van der Waals surface area contributed by atoms with Gasteiger partial charge >= 0.3 is 0 Å². The number of benzene rings is 2. The molecule has 0 atom stereocenters. The number of fused-ring (bicyclic) bond motifs is 1. The Hall–Kier alpha value is -2.51. The number of thiazole rings is 1. The SMILES string of the molecule is CCOc1ccc(C(=O)N(CCCN(C)C)c2nc3c(F)cccc3s2)cc1. The molecule has 0 radical (unpaired) electrons. The van der Waals surface area contributed by atoms with Crippen molar-refractivity contribution in [1.29, 1.82) is 0 Å². The molecule has 5 nitrogen and oxygen atoms in total. The van der Waals surface area contributed by atoms with E-state index in [1.54, 1.807) is 35.2 Å². The topological polar surface area (TPSA) is 45.7 Å². The third-order valence-electron chi connectivity index (χ3n) is 4.23. The lowest BCUT2D eigenvalue weighted by Crippen LogP contribution is -2.33. The number of carbonyl (C=O) groups excluding carboxylic acids is 1. The standard InChI is InChI=1S/C21H24FN3O2S/c1-4-27-16-11-9-15(10-12-16)20(26)25(14-6-13-24(2)3)21-23-19-17(22)7-5-8-18(19)28-21/h5,7-12H,4,6,13-14H2,1-3H3. The van der Waals surface area contributed by atoms with Crippen LogP contribution in [-0.4, -0.2) is 49.6 Å². The molecule has 1 amide bonds. The van der Waals surface area contributed by atoms with E-state index in [0.717, 1.165) is 23.4 Å². The van der Waals surface area contributed by atoms with Crippen molar-refractivity contribution in [2.24, 2.45) is 0 Å². The van der Waals surface area contributed by atoms with E-state index in [-0.39, 0.29) is 11.7 Å². The predicted octanol–water partition coefficient (Wildman–Crippen LogP) is 4.43. The molecule has 1 heterocycles. The molecule has 0 unspecified atom stereocenters. The summed E-state index contributed by atoms with van der Waals surface area (Å²) in [5.74, 6) is 0.197. The Kier molecular flexibility index (Phi) is 6.59. The van der Waals surface area contributed by atoms with Crippen LogP contribution in [0.3, 0.4) is 0 Å². The summed E-state index contributed by atoms with van der Waals surface area (Å²) >= 11 is 1.33. The lowest BCUT2D eigenvalue weighted by atomic mass is 10.2. The predicted molar refractivity (Wildman–Crippen MR) is 112 cm³/mol. The first-order valence-corrected chi connectivity index (χ1v) is 10.1. The average molecular weight is 402 g/mol. The minimum Gasteiger partial charge on any atom is -0.494 e. The Bertz CT molecular complexity index is 940. The molecule has 0 saturated heterocycles. The number of rotatable bonds is 8. The molecule has 7 heteroatoms. The zero-order chi connectivity index (χ0) is 20.1. The molecular weight excluding hydrogens is 377 g/mol. The van der Waals surface area contributed by atoms with Gasteiger partial charge in [-0.3, -0.25) is 9.69 Å². The summed E-state index contributed by atoms with van der Waals surface area (Å²) < 4.78 is 20.3. The lowest BCUT2D eigenvalue weighted by molar-refractivity contribution is 0.0986. The molecule has 0 aliphatic carbocycles. The molecule has 0 fully saturated rings. The number of para-hydroxylation sites is 1. The van der Waals surface area contributed by atoms with E-state index in [0.29, 0.717) is 29.4 Å². The van der Waals surface area contributed by atoms with Gasteiger partial charge in [-0.15, -0.1) is 0 Å². The molecule has 2 aromatic carbocycles. The van der Waals surface area contributed by atoms with Gasteiger partial charge < -0.3 is 9.64 Å². The zero-order valence-electron chi connectivity index (χ0n) is 16.3. The van der Waals surface area contributed by atoms with E-state index in [4.69, 9.17) is 4.74 Å². The molecule has 0 aliphatic heterocycles. The van der Waals surface area contributed by atoms with Gasteiger partial charge in [-0.25, -0.2) is 9.37 Å². The Balaban J connectivity index is 1.90. The maximum absolute atomic E-state index is 14.1. The van der Waals surface area contributed by atoms with Gasteiger partial charge in [0.2, 0.25) is 0 Å². The summed E-state index contributed by atoms with van der Waals surface area (Å²) in [6.07, 6.45) is 0.786. The number of hydrogen-bond donors (Lipinski definition) is 0. The van der Waals surface area contributed by atoms with Crippen molar-refractivity contribution >= 4 is 32.6 Å². The highest BCUT2D eigenvalue weighted by molar-refractivity contribution is 7.22. The monoisotopic (exact) mass is 401 g/mol. The minimum absolute atomic E-state index is 0.152. The lowest BCUT2D eigenvalue weighted by Gasteiger charge is -2.21. The summed E-state index contributed by atoms with van der Waals surface area (Å²) in [4.78, 5) is 21.3. The van der Waals surface area contributed by atoms with Crippen LogP contribution in [0.4, 0.5) is 9.52 Å². The molecular formula is C21H24FN3O2S. The fourth-order valence-corrected chi connectivity index (χ4v) is 3.87. The largest absolute Gasteiger partial charge is 0.494 e. The van der Waals surface area contributed by atoms with Gasteiger partial charge in [0.15, 0.2) is 5.13 Å². The fourth-order valence-electron chi connectivity index (χ4n) is 2.86. The summed E-state index contributed by atoms with van der Waals surface area (Å²) in [7, 11) is 3.98. The molecule has 0 aliphatic rings. The van der Waals surface area contributed by atoms with Crippen molar-refractivity contribution in [3.05, 3.63) is 53.8 Å². The van der Waals surface area contributed by atoms with E-state index < -0.39 is 0 Å². The fraction of sp³-hybridized carbons (Fsp3) is 0.333. The molecule has 0 bridgehead atoms. The van der Waals surface area contributed by atoms with E-state index in [2.05, 4.69) is 9.88 Å². The van der Waals surface area contributed by atoms with Crippen LogP contribution in [0.1, 0.15) is 23.7 Å². The van der Waals surface area contributed by atoms with Crippen LogP contribution in [-0.2, 0) is 0 Å². The number of aromatic nitrogens is 1. The first kappa shape index (κ1) is 20.2. The Labute approximate surface area is 168 Å². The van der Waals surface area contributed by atoms with Gasteiger partial charge in [0.1, 0.15) is 17.1 Å². The second kappa shape index (κ2) is 9.12. The van der Waals surface area contributed by atoms with E-state index in [9.17, 15) is 9.18 Å². The number of ether oxygens (including phenoxy) is 1. The molecule has 0 spiro atoms. The van der Waals surface area contributed by atoms with E-state index in [1.807, 2.05) is 27.1 Å². The molecule has 1 aromatic heterocycles. The Morgan fingerprint density at radius 3 is 2.54 bits per heavy atom. The zero-order valence-corrected chi connectivity index (χ0v) is 17.1. The first-order valence-electron chi connectivity index (χ1n) is 9.24. The smallest absolute Gasteiger partial charge is 0.260 e. The van der Waals surface area contributed by atoms with Crippen molar-refractivity contribution in [2.45, 2.75) is 13.3 Å². The van der Waals surface area contributed by atoms with Crippen molar-refractivity contribution in [3.63, 3.8) is 0 Å². The van der Waals surface area contributed by atoms with E-state index >= 15 is 0 Å². The van der Waals surface area contributed by atoms with Crippen molar-refractivity contribution < 1.29 is 13.9 Å². The van der Waals surface area contributed by atoms with Gasteiger partial charge in [-0.1, -0.05) is 17.4 Å². The van der Waals surface area contributed by atoms with Crippen LogP contribution < -0.4 is 9.64 Å². The molecule has 148 valence electrons. The summed E-state index contributed by atoms with van der Waals surface area (Å²) in [5.41, 5.74) is 0.854. The van der Waals surface area contributed by atoms with Gasteiger partial charge in [-0.2, -0.15) is 0 Å². The molecule has 28 heavy (non-hydrogen) atoms. The normalized spacial score (nSPS) is 11.2. The number of carbonyl (C=O) groups is 1. The van der Waals surface area contributed by atoms with Crippen molar-refractivity contribution in [2.75, 3.05) is 38.7 Å².